The normalized spacial score (nSPS) is 16.9. The number of hydrogen-bond acceptors (Lipinski definition) is 6. The highest BCUT2D eigenvalue weighted by molar-refractivity contribution is 7.15. The van der Waals surface area contributed by atoms with Gasteiger partial charge in [0.1, 0.15) is 5.01 Å². The van der Waals surface area contributed by atoms with Crippen LogP contribution in [0.2, 0.25) is 0 Å². The van der Waals surface area contributed by atoms with Crippen molar-refractivity contribution in [3.05, 3.63) is 5.01 Å². The summed E-state index contributed by atoms with van der Waals surface area (Å²) < 4.78 is 0. The Morgan fingerprint density at radius 3 is 2.67 bits per heavy atom. The third kappa shape index (κ3) is 3.39. The average molecular weight is 269 g/mol. The molecule has 0 radical (unpaired) electrons. The maximum absolute atomic E-state index is 11.2. The summed E-state index contributed by atoms with van der Waals surface area (Å²) in [5.41, 5.74) is 0. The molecule has 100 valence electrons. The first kappa shape index (κ1) is 13.2. The standard InChI is InChI=1S/C11H19N5OS/c1-3-12-11-14-13-10(18-11)8-15-4-6-16(7-5-15)9(2)17/h3-8H2,1-2H3,(H,12,14). The molecule has 1 fully saturated rings. The maximum Gasteiger partial charge on any atom is 0.219 e. The third-order valence-corrected chi connectivity index (χ3v) is 3.84. The van der Waals surface area contributed by atoms with Crippen LogP contribution in [0.15, 0.2) is 0 Å². The fourth-order valence-corrected chi connectivity index (χ4v) is 2.80. The monoisotopic (exact) mass is 269 g/mol. The van der Waals surface area contributed by atoms with Gasteiger partial charge in [0.05, 0.1) is 6.54 Å². The van der Waals surface area contributed by atoms with Gasteiger partial charge in [-0.2, -0.15) is 0 Å². The highest BCUT2D eigenvalue weighted by Crippen LogP contribution is 2.17. The molecule has 0 aliphatic carbocycles. The van der Waals surface area contributed by atoms with E-state index >= 15 is 0 Å². The van der Waals surface area contributed by atoms with Crippen LogP contribution in [0, 0.1) is 0 Å². The number of amides is 1. The van der Waals surface area contributed by atoms with Crippen LogP contribution in [0.1, 0.15) is 18.9 Å². The van der Waals surface area contributed by atoms with Crippen molar-refractivity contribution in [2.45, 2.75) is 20.4 Å². The zero-order chi connectivity index (χ0) is 13.0. The van der Waals surface area contributed by atoms with E-state index in [0.29, 0.717) is 0 Å². The molecule has 0 atom stereocenters. The summed E-state index contributed by atoms with van der Waals surface area (Å²) in [6, 6.07) is 0. The van der Waals surface area contributed by atoms with E-state index in [1.807, 2.05) is 11.8 Å². The molecule has 7 heteroatoms. The second kappa shape index (κ2) is 6.10. The van der Waals surface area contributed by atoms with E-state index in [1.165, 1.54) is 0 Å². The molecular formula is C11H19N5OS. The molecule has 1 aliphatic heterocycles. The van der Waals surface area contributed by atoms with E-state index in [9.17, 15) is 4.79 Å². The largest absolute Gasteiger partial charge is 0.360 e. The Morgan fingerprint density at radius 2 is 2.06 bits per heavy atom. The first-order valence-electron chi connectivity index (χ1n) is 6.23. The van der Waals surface area contributed by atoms with Crippen molar-refractivity contribution in [2.24, 2.45) is 0 Å². The minimum atomic E-state index is 0.167. The first-order chi connectivity index (χ1) is 8.69. The average Bonchev–Trinajstić information content (AvgIpc) is 2.78. The van der Waals surface area contributed by atoms with Gasteiger partial charge >= 0.3 is 0 Å². The van der Waals surface area contributed by atoms with Gasteiger partial charge in [-0.15, -0.1) is 10.2 Å². The molecule has 1 amide bonds. The number of anilines is 1. The summed E-state index contributed by atoms with van der Waals surface area (Å²) in [6.07, 6.45) is 0. The Bertz CT molecular complexity index is 400. The van der Waals surface area contributed by atoms with E-state index in [1.54, 1.807) is 18.3 Å². The van der Waals surface area contributed by atoms with Crippen molar-refractivity contribution in [3.8, 4) is 0 Å². The van der Waals surface area contributed by atoms with Crippen molar-refractivity contribution in [1.82, 2.24) is 20.0 Å². The minimum Gasteiger partial charge on any atom is -0.360 e. The van der Waals surface area contributed by atoms with Gasteiger partial charge in [-0.3, -0.25) is 9.69 Å². The lowest BCUT2D eigenvalue weighted by molar-refractivity contribution is -0.130. The van der Waals surface area contributed by atoms with Crippen LogP contribution in [0.4, 0.5) is 5.13 Å². The van der Waals surface area contributed by atoms with Crippen molar-refractivity contribution in [2.75, 3.05) is 38.0 Å². The molecule has 18 heavy (non-hydrogen) atoms. The van der Waals surface area contributed by atoms with Gasteiger partial charge < -0.3 is 10.2 Å². The number of rotatable bonds is 4. The number of carbonyl (C=O) groups is 1. The summed E-state index contributed by atoms with van der Waals surface area (Å²) in [6.45, 7) is 8.82. The molecule has 0 spiro atoms. The molecule has 0 aromatic carbocycles. The lowest BCUT2D eigenvalue weighted by atomic mass is 10.3. The lowest BCUT2D eigenvalue weighted by Gasteiger charge is -2.33. The quantitative estimate of drug-likeness (QED) is 0.869. The van der Waals surface area contributed by atoms with Crippen LogP contribution >= 0.6 is 11.3 Å². The number of aromatic nitrogens is 2. The minimum absolute atomic E-state index is 0.167. The first-order valence-corrected chi connectivity index (χ1v) is 7.05. The maximum atomic E-state index is 11.2. The predicted octanol–water partition coefficient (Wildman–Crippen LogP) is 0.634. The van der Waals surface area contributed by atoms with E-state index in [4.69, 9.17) is 0 Å². The number of piperazine rings is 1. The summed E-state index contributed by atoms with van der Waals surface area (Å²) in [5, 5.41) is 13.3. The predicted molar refractivity (Wildman–Crippen MR) is 71.6 cm³/mol. The second-order valence-electron chi connectivity index (χ2n) is 4.31. The molecule has 0 saturated carbocycles. The molecule has 6 nitrogen and oxygen atoms in total. The van der Waals surface area contributed by atoms with Crippen molar-refractivity contribution in [3.63, 3.8) is 0 Å². The molecule has 2 rings (SSSR count). The van der Waals surface area contributed by atoms with Gasteiger partial charge in [0.25, 0.3) is 0 Å². The molecule has 1 aliphatic rings. The molecule has 1 saturated heterocycles. The van der Waals surface area contributed by atoms with Gasteiger partial charge in [0, 0.05) is 39.6 Å². The lowest BCUT2D eigenvalue weighted by Crippen LogP contribution is -2.47. The number of nitrogens with zero attached hydrogens (tertiary/aromatic N) is 4. The van der Waals surface area contributed by atoms with Gasteiger partial charge in [-0.1, -0.05) is 11.3 Å². The molecule has 1 N–H and O–H groups in total. The van der Waals surface area contributed by atoms with Crippen molar-refractivity contribution >= 4 is 22.4 Å². The summed E-state index contributed by atoms with van der Waals surface area (Å²) in [5.74, 6) is 0.167. The van der Waals surface area contributed by atoms with Gasteiger partial charge in [-0.25, -0.2) is 0 Å². The van der Waals surface area contributed by atoms with Crippen LogP contribution in [-0.2, 0) is 11.3 Å². The number of nitrogens with one attached hydrogen (secondary N) is 1. The van der Waals surface area contributed by atoms with Crippen molar-refractivity contribution < 1.29 is 4.79 Å². The van der Waals surface area contributed by atoms with Crippen molar-refractivity contribution in [1.29, 1.82) is 0 Å². The van der Waals surface area contributed by atoms with Crippen LogP contribution in [-0.4, -0.2) is 58.6 Å². The summed E-state index contributed by atoms with van der Waals surface area (Å²) >= 11 is 1.60. The topological polar surface area (TPSA) is 61.4 Å². The molecular weight excluding hydrogens is 250 g/mol. The van der Waals surface area contributed by atoms with Crippen LogP contribution in [0.5, 0.6) is 0 Å². The highest BCUT2D eigenvalue weighted by Gasteiger charge is 2.19. The van der Waals surface area contributed by atoms with Gasteiger partial charge in [0.15, 0.2) is 0 Å². The van der Waals surface area contributed by atoms with E-state index < -0.39 is 0 Å². The molecule has 0 unspecified atom stereocenters. The molecule has 2 heterocycles. The second-order valence-corrected chi connectivity index (χ2v) is 5.38. The number of carbonyl (C=O) groups excluding carboxylic acids is 1. The SMILES string of the molecule is CCNc1nnc(CN2CCN(C(C)=O)CC2)s1. The van der Waals surface area contributed by atoms with Gasteiger partial charge in [0.2, 0.25) is 11.0 Å². The van der Waals surface area contributed by atoms with E-state index in [0.717, 1.165) is 49.4 Å². The smallest absolute Gasteiger partial charge is 0.219 e. The highest BCUT2D eigenvalue weighted by atomic mass is 32.1. The Balaban J connectivity index is 1.81. The Hall–Kier alpha value is -1.21. The molecule has 1 aromatic rings. The number of hydrogen-bond donors (Lipinski definition) is 1. The molecule has 1 aromatic heterocycles. The Kier molecular flexibility index (Phi) is 4.48. The van der Waals surface area contributed by atoms with Crippen LogP contribution < -0.4 is 5.32 Å². The van der Waals surface area contributed by atoms with Crippen LogP contribution in [0.25, 0.3) is 0 Å². The molecule has 0 bridgehead atoms. The Labute approximate surface area is 111 Å². The Morgan fingerprint density at radius 1 is 1.33 bits per heavy atom. The summed E-state index contributed by atoms with van der Waals surface area (Å²) in [7, 11) is 0. The van der Waals surface area contributed by atoms with Crippen LogP contribution in [0.3, 0.4) is 0 Å². The summed E-state index contributed by atoms with van der Waals surface area (Å²) in [4.78, 5) is 15.4. The fourth-order valence-electron chi connectivity index (χ4n) is 1.95. The zero-order valence-electron chi connectivity index (χ0n) is 10.8. The van der Waals surface area contributed by atoms with E-state index in [-0.39, 0.29) is 5.91 Å². The van der Waals surface area contributed by atoms with Gasteiger partial charge in [-0.05, 0) is 6.92 Å². The van der Waals surface area contributed by atoms with E-state index in [2.05, 4.69) is 20.4 Å². The fraction of sp³-hybridized carbons (Fsp3) is 0.727. The third-order valence-electron chi connectivity index (χ3n) is 2.97. The zero-order valence-corrected chi connectivity index (χ0v) is 11.7.